The number of hydrogen-bond acceptors (Lipinski definition) is 6. The second kappa shape index (κ2) is 13.0. The molecule has 7 nitrogen and oxygen atoms in total. The van der Waals surface area contributed by atoms with Crippen LogP contribution in [0.3, 0.4) is 0 Å². The molecule has 7 heteroatoms. The zero-order valence-corrected chi connectivity index (χ0v) is 28.0. The van der Waals surface area contributed by atoms with Gasteiger partial charge in [-0.1, -0.05) is 55.7 Å². The molecule has 5 aliphatic rings. The lowest BCUT2D eigenvalue weighted by atomic mass is 9.51. The first-order valence-electron chi connectivity index (χ1n) is 18.1. The number of benzene rings is 2. The number of amides is 1. The highest BCUT2D eigenvalue weighted by molar-refractivity contribution is 5.77. The van der Waals surface area contributed by atoms with Crippen molar-refractivity contribution in [1.29, 1.82) is 0 Å². The minimum absolute atomic E-state index is 0.0180. The van der Waals surface area contributed by atoms with Gasteiger partial charge in [0.15, 0.2) is 11.5 Å². The van der Waals surface area contributed by atoms with Crippen LogP contribution in [-0.2, 0) is 27.8 Å². The van der Waals surface area contributed by atoms with Gasteiger partial charge in [-0.3, -0.25) is 14.5 Å². The molecule has 46 heavy (non-hydrogen) atoms. The van der Waals surface area contributed by atoms with Crippen molar-refractivity contribution in [1.82, 2.24) is 9.80 Å². The van der Waals surface area contributed by atoms with E-state index >= 15 is 0 Å². The lowest BCUT2D eigenvalue weighted by Crippen LogP contribution is -2.69. The third kappa shape index (κ3) is 5.76. The van der Waals surface area contributed by atoms with Gasteiger partial charge in [-0.25, -0.2) is 0 Å². The highest BCUT2D eigenvalue weighted by Gasteiger charge is 2.67. The van der Waals surface area contributed by atoms with Gasteiger partial charge in [0.25, 0.3) is 0 Å². The number of aliphatic hydroxyl groups excluding tert-OH is 1. The van der Waals surface area contributed by atoms with Crippen LogP contribution >= 0.6 is 0 Å². The zero-order chi connectivity index (χ0) is 32.0. The van der Waals surface area contributed by atoms with E-state index in [0.29, 0.717) is 30.0 Å². The van der Waals surface area contributed by atoms with Crippen LogP contribution in [0, 0.1) is 11.8 Å². The van der Waals surface area contributed by atoms with Crippen molar-refractivity contribution in [3.63, 3.8) is 0 Å². The molecule has 7 atom stereocenters. The summed E-state index contributed by atoms with van der Waals surface area (Å²) in [5.41, 5.74) is 3.75. The van der Waals surface area contributed by atoms with Gasteiger partial charge >= 0.3 is 5.97 Å². The number of likely N-dealkylation sites (tertiary alicyclic amines) is 1. The number of carbonyl (C=O) groups excluding carboxylic acids is 2. The second-order valence-corrected chi connectivity index (χ2v) is 15.1. The summed E-state index contributed by atoms with van der Waals surface area (Å²) in [4.78, 5) is 31.0. The number of nitrogens with zero attached hydrogens (tertiary/aromatic N) is 2. The predicted molar refractivity (Wildman–Crippen MR) is 178 cm³/mol. The molecule has 1 N–H and O–H groups in total. The molecule has 2 bridgehead atoms. The van der Waals surface area contributed by atoms with Gasteiger partial charge in [-0.05, 0) is 94.9 Å². The summed E-state index contributed by atoms with van der Waals surface area (Å²) < 4.78 is 12.8. The van der Waals surface area contributed by atoms with E-state index < -0.39 is 0 Å². The molecule has 248 valence electrons. The molecule has 2 unspecified atom stereocenters. The van der Waals surface area contributed by atoms with Crippen molar-refractivity contribution >= 4 is 11.9 Å². The molecular weight excluding hydrogens is 576 g/mol. The minimum atomic E-state index is -0.342. The summed E-state index contributed by atoms with van der Waals surface area (Å²) in [6.45, 7) is 7.67. The molecule has 0 aromatic heterocycles. The van der Waals surface area contributed by atoms with E-state index in [0.717, 1.165) is 76.6 Å². The van der Waals surface area contributed by atoms with E-state index in [-0.39, 0.29) is 41.6 Å². The van der Waals surface area contributed by atoms with Gasteiger partial charge in [-0.2, -0.15) is 0 Å². The average molecular weight is 629 g/mol. The molecule has 3 aliphatic carbocycles. The molecule has 1 saturated heterocycles. The Morgan fingerprint density at radius 3 is 2.57 bits per heavy atom. The highest BCUT2D eigenvalue weighted by atomic mass is 16.6. The molecule has 2 heterocycles. The average Bonchev–Trinajstić information content (AvgIpc) is 3.61. The van der Waals surface area contributed by atoms with E-state index in [9.17, 15) is 14.7 Å². The Labute approximate surface area is 274 Å². The monoisotopic (exact) mass is 628 g/mol. The van der Waals surface area contributed by atoms with Crippen molar-refractivity contribution in [2.24, 2.45) is 11.8 Å². The second-order valence-electron chi connectivity index (χ2n) is 15.1. The topological polar surface area (TPSA) is 79.3 Å². The van der Waals surface area contributed by atoms with E-state index in [1.807, 2.05) is 6.07 Å². The first-order valence-corrected chi connectivity index (χ1v) is 18.1. The van der Waals surface area contributed by atoms with E-state index in [2.05, 4.69) is 60.0 Å². The van der Waals surface area contributed by atoms with Gasteiger partial charge < -0.3 is 19.5 Å². The van der Waals surface area contributed by atoms with Crippen molar-refractivity contribution in [2.75, 3.05) is 13.1 Å². The van der Waals surface area contributed by atoms with Crippen molar-refractivity contribution in [2.45, 2.75) is 134 Å². The third-order valence-electron chi connectivity index (χ3n) is 11.9. The van der Waals surface area contributed by atoms with Gasteiger partial charge in [0.2, 0.25) is 5.91 Å². The summed E-state index contributed by atoms with van der Waals surface area (Å²) >= 11 is 0. The fourth-order valence-corrected chi connectivity index (χ4v) is 9.83. The molecule has 2 aliphatic heterocycles. The molecule has 2 saturated carbocycles. The van der Waals surface area contributed by atoms with E-state index in [1.165, 1.54) is 36.5 Å². The standard InChI is InChI=1S/C39H52N2O5/c1-25(2)41(35(44)15-11-6-4-5-8-12-27-13-9-7-10-14-27)31-18-17-30-32-22-28-16-19-34(45-26(3)42)37-36(28)39(30,38(31)46-37)20-21-40(32)24-29-23-33(29)43/h7,9-10,13-14,16,19,25,29-33,38,43H,4-6,8,11-12,15,17-18,20-24H2,1-3H3/t29?,30-,31-,32+,33?,38-,39-/m0/s1. The minimum Gasteiger partial charge on any atom is -0.483 e. The number of carbonyl (C=O) groups is 2. The fourth-order valence-electron chi connectivity index (χ4n) is 9.83. The Morgan fingerprint density at radius 2 is 1.83 bits per heavy atom. The quantitative estimate of drug-likeness (QED) is 0.161. The van der Waals surface area contributed by atoms with Crippen LogP contribution in [0.2, 0.25) is 0 Å². The largest absolute Gasteiger partial charge is 0.483 e. The van der Waals surface area contributed by atoms with Crippen LogP contribution in [0.4, 0.5) is 0 Å². The Balaban J connectivity index is 1.08. The highest BCUT2D eigenvalue weighted by Crippen LogP contribution is 2.64. The number of unbranched alkanes of at least 4 members (excludes halogenated alkanes) is 4. The first kappa shape index (κ1) is 31.7. The molecule has 7 rings (SSSR count). The van der Waals surface area contributed by atoms with E-state index in [4.69, 9.17) is 9.47 Å². The zero-order valence-electron chi connectivity index (χ0n) is 28.0. The third-order valence-corrected chi connectivity index (χ3v) is 11.9. The number of aryl methyl sites for hydroxylation is 1. The number of rotatable bonds is 13. The van der Waals surface area contributed by atoms with Gasteiger partial charge in [0.05, 0.1) is 12.1 Å². The normalized spacial score (nSPS) is 30.5. The Kier molecular flexibility index (Phi) is 8.92. The molecule has 0 radical (unpaired) electrons. The van der Waals surface area contributed by atoms with Gasteiger partial charge in [0, 0.05) is 48.9 Å². The number of hydrogen-bond donors (Lipinski definition) is 1. The van der Waals surface area contributed by atoms with Crippen LogP contribution in [0.1, 0.15) is 102 Å². The van der Waals surface area contributed by atoms with Gasteiger partial charge in [-0.15, -0.1) is 0 Å². The lowest BCUT2D eigenvalue weighted by Gasteiger charge is -2.61. The summed E-state index contributed by atoms with van der Waals surface area (Å²) in [5, 5.41) is 10.2. The maximum absolute atomic E-state index is 14.0. The van der Waals surface area contributed by atoms with Crippen LogP contribution in [0.5, 0.6) is 11.5 Å². The lowest BCUT2D eigenvalue weighted by molar-refractivity contribution is -0.146. The van der Waals surface area contributed by atoms with Crippen LogP contribution in [0.15, 0.2) is 42.5 Å². The summed E-state index contributed by atoms with van der Waals surface area (Å²) in [7, 11) is 0. The van der Waals surface area contributed by atoms with Crippen molar-refractivity contribution in [3.05, 3.63) is 59.2 Å². The molecule has 1 amide bonds. The fraction of sp³-hybridized carbons (Fsp3) is 0.641. The predicted octanol–water partition coefficient (Wildman–Crippen LogP) is 6.22. The van der Waals surface area contributed by atoms with Gasteiger partial charge in [0.1, 0.15) is 6.10 Å². The number of piperidine rings is 1. The maximum atomic E-state index is 14.0. The van der Waals surface area contributed by atoms with E-state index in [1.54, 1.807) is 0 Å². The number of esters is 1. The van der Waals surface area contributed by atoms with Crippen LogP contribution < -0.4 is 9.47 Å². The molecule has 1 spiro atoms. The summed E-state index contributed by atoms with van der Waals surface area (Å²) in [6, 6.07) is 15.2. The molecule has 2 aromatic carbocycles. The van der Waals surface area contributed by atoms with Crippen LogP contribution in [-0.4, -0.2) is 70.2 Å². The summed E-state index contributed by atoms with van der Waals surface area (Å²) in [6.07, 6.45) is 11.7. The molecule has 2 aromatic rings. The van der Waals surface area contributed by atoms with Crippen molar-refractivity contribution in [3.8, 4) is 11.5 Å². The first-order chi connectivity index (χ1) is 22.3. The number of aliphatic hydroxyl groups is 1. The van der Waals surface area contributed by atoms with Crippen molar-refractivity contribution < 1.29 is 24.2 Å². The SMILES string of the molecule is CC(=O)Oc1ccc2c3c1O[C@H]1[C@@H](N(C(=O)CCCCCCCc4ccccc4)C(C)C)CC[C@H]4[C@@H](C2)N(CC2CC2O)CC[C@@]341. The number of ether oxygens (including phenoxy) is 2. The Morgan fingerprint density at radius 1 is 1.07 bits per heavy atom. The van der Waals surface area contributed by atoms with Crippen LogP contribution in [0.25, 0.3) is 0 Å². The molecular formula is C39H52N2O5. The summed E-state index contributed by atoms with van der Waals surface area (Å²) in [5.74, 6) is 1.97. The Hall–Kier alpha value is -2.90. The smallest absolute Gasteiger partial charge is 0.308 e. The Bertz CT molecular complexity index is 1430. The molecule has 3 fully saturated rings. The maximum Gasteiger partial charge on any atom is 0.308 e.